The van der Waals surface area contributed by atoms with Crippen molar-refractivity contribution in [1.82, 2.24) is 14.7 Å². The lowest BCUT2D eigenvalue weighted by molar-refractivity contribution is 0.0206. The minimum atomic E-state index is -0.684. The van der Waals surface area contributed by atoms with Gasteiger partial charge >= 0.3 is 0 Å². The van der Waals surface area contributed by atoms with Crippen LogP contribution in [0.25, 0.3) is 5.69 Å². The molecule has 3 rings (SSSR count). The molecule has 0 radical (unpaired) electrons. The molecule has 0 fully saturated rings. The lowest BCUT2D eigenvalue weighted by atomic mass is 10.2. The molecule has 0 aliphatic carbocycles. The first-order valence-electron chi connectivity index (χ1n) is 11.3. The normalized spacial score (nSPS) is 12.0. The first-order chi connectivity index (χ1) is 16.5. The molecule has 7 heteroatoms. The Balaban J connectivity index is 1.92. The summed E-state index contributed by atoms with van der Waals surface area (Å²) in [5.41, 5.74) is 3.81. The van der Waals surface area contributed by atoms with E-state index in [1.807, 2.05) is 73.1 Å². The molecule has 1 aromatic heterocycles. The lowest BCUT2D eigenvalue weighted by Crippen LogP contribution is -2.36. The third kappa shape index (κ3) is 7.17. The summed E-state index contributed by atoms with van der Waals surface area (Å²) in [5, 5.41) is 15.3. The van der Waals surface area contributed by atoms with E-state index in [1.165, 1.54) is 0 Å². The predicted molar refractivity (Wildman–Crippen MR) is 132 cm³/mol. The number of para-hydroxylation sites is 1. The zero-order valence-electron chi connectivity index (χ0n) is 20.1. The van der Waals surface area contributed by atoms with Gasteiger partial charge in [0.25, 0.3) is 0 Å². The summed E-state index contributed by atoms with van der Waals surface area (Å²) < 4.78 is 18.9. The smallest absolute Gasteiger partial charge is 0.227 e. The second kappa shape index (κ2) is 12.9. The van der Waals surface area contributed by atoms with Crippen molar-refractivity contribution >= 4 is 0 Å². The van der Waals surface area contributed by atoms with Crippen LogP contribution in [-0.4, -0.2) is 65.9 Å². The van der Waals surface area contributed by atoms with E-state index in [9.17, 15) is 5.11 Å². The topological polar surface area (TPSA) is 69.0 Å². The van der Waals surface area contributed by atoms with Crippen LogP contribution in [0.2, 0.25) is 0 Å². The molecule has 0 aliphatic rings. The van der Waals surface area contributed by atoms with Crippen LogP contribution in [0.5, 0.6) is 11.6 Å². The van der Waals surface area contributed by atoms with Crippen LogP contribution >= 0.6 is 0 Å². The third-order valence-electron chi connectivity index (χ3n) is 5.30. The highest BCUT2D eigenvalue weighted by Gasteiger charge is 2.22. The van der Waals surface area contributed by atoms with Gasteiger partial charge in [0.15, 0.2) is 0 Å². The van der Waals surface area contributed by atoms with E-state index in [2.05, 4.69) is 10.8 Å². The Labute approximate surface area is 201 Å². The Bertz CT molecular complexity index is 1080. The van der Waals surface area contributed by atoms with E-state index in [1.54, 1.807) is 7.11 Å². The Morgan fingerprint density at radius 1 is 1.15 bits per heavy atom. The van der Waals surface area contributed by atoms with Crippen LogP contribution in [0.1, 0.15) is 16.8 Å². The van der Waals surface area contributed by atoms with Gasteiger partial charge in [-0.2, -0.15) is 5.10 Å². The molecule has 7 nitrogen and oxygen atoms in total. The maximum absolute atomic E-state index is 10.5. The van der Waals surface area contributed by atoms with E-state index in [0.29, 0.717) is 32.1 Å². The van der Waals surface area contributed by atoms with E-state index < -0.39 is 6.10 Å². The number of terminal acetylenes is 1. The number of aryl methyl sites for hydroxylation is 2. The maximum Gasteiger partial charge on any atom is 0.227 e. The molecule has 0 bridgehead atoms. The van der Waals surface area contributed by atoms with Crippen molar-refractivity contribution in [3.8, 4) is 29.7 Å². The molecule has 0 aliphatic heterocycles. The van der Waals surface area contributed by atoms with Crippen molar-refractivity contribution in [3.63, 3.8) is 0 Å². The summed E-state index contributed by atoms with van der Waals surface area (Å²) in [7, 11) is 1.66. The molecule has 2 aromatic carbocycles. The molecule has 0 saturated carbocycles. The molecule has 1 heterocycles. The van der Waals surface area contributed by atoms with E-state index >= 15 is 0 Å². The number of nitrogens with zero attached hydrogens (tertiary/aromatic N) is 3. The molecular formula is C27H33N3O4. The third-order valence-corrected chi connectivity index (χ3v) is 5.30. The summed E-state index contributed by atoms with van der Waals surface area (Å²) >= 11 is 0. The molecule has 0 amide bonds. The highest BCUT2D eigenvalue weighted by Crippen LogP contribution is 2.32. The fraction of sp³-hybridized carbons (Fsp3) is 0.370. The molecule has 1 atom stereocenters. The van der Waals surface area contributed by atoms with Gasteiger partial charge < -0.3 is 19.3 Å². The van der Waals surface area contributed by atoms with Gasteiger partial charge in [-0.25, -0.2) is 4.68 Å². The van der Waals surface area contributed by atoms with Gasteiger partial charge in [0, 0.05) is 26.7 Å². The van der Waals surface area contributed by atoms with E-state index in [4.69, 9.17) is 25.7 Å². The van der Waals surface area contributed by atoms with Crippen LogP contribution < -0.4 is 4.74 Å². The molecule has 1 N–H and O–H groups in total. The number of hydrogen-bond donors (Lipinski definition) is 1. The maximum atomic E-state index is 10.5. The number of aliphatic hydroxyl groups excluding tert-OH is 1. The minimum absolute atomic E-state index is 0.169. The van der Waals surface area contributed by atoms with Crippen molar-refractivity contribution in [3.05, 3.63) is 71.4 Å². The summed E-state index contributed by atoms with van der Waals surface area (Å²) in [6.07, 6.45) is 4.55. The molecule has 0 saturated heterocycles. The first-order valence-corrected chi connectivity index (χ1v) is 11.3. The molecule has 3 aromatic rings. The van der Waals surface area contributed by atoms with E-state index in [0.717, 1.165) is 28.3 Å². The number of ether oxygens (including phenoxy) is 3. The fourth-order valence-electron chi connectivity index (χ4n) is 3.64. The number of rotatable bonds is 13. The number of benzene rings is 2. The van der Waals surface area contributed by atoms with Crippen LogP contribution in [0.3, 0.4) is 0 Å². The number of hydrogen-bond acceptors (Lipinski definition) is 6. The summed E-state index contributed by atoms with van der Waals surface area (Å²) in [6, 6.07) is 17.8. The molecule has 1 unspecified atom stereocenters. The van der Waals surface area contributed by atoms with Crippen LogP contribution in [0, 0.1) is 26.2 Å². The van der Waals surface area contributed by atoms with E-state index in [-0.39, 0.29) is 13.2 Å². The second-order valence-electron chi connectivity index (χ2n) is 8.14. The molecule has 34 heavy (non-hydrogen) atoms. The van der Waals surface area contributed by atoms with Crippen LogP contribution in [0.4, 0.5) is 0 Å². The number of aliphatic hydroxyl groups is 1. The first kappa shape index (κ1) is 25.5. The molecular weight excluding hydrogens is 430 g/mol. The largest absolute Gasteiger partial charge is 0.439 e. The fourth-order valence-corrected chi connectivity index (χ4v) is 3.64. The monoisotopic (exact) mass is 463 g/mol. The zero-order chi connectivity index (χ0) is 24.3. The quantitative estimate of drug-likeness (QED) is 0.308. The van der Waals surface area contributed by atoms with Crippen molar-refractivity contribution in [2.45, 2.75) is 26.5 Å². The standard InChI is InChI=1S/C27H33N3O4/c1-5-15-33-20-24(31)18-29(14-16-32-4)19-26-22(3)28-30(23-11-7-6-8-12-23)27(26)34-25-13-9-10-21(2)17-25/h1,6-13,17,24,31H,14-16,18-20H2,2-4H3. The summed E-state index contributed by atoms with van der Waals surface area (Å²) in [4.78, 5) is 2.11. The second-order valence-corrected chi connectivity index (χ2v) is 8.14. The Morgan fingerprint density at radius 3 is 2.65 bits per heavy atom. The molecule has 180 valence electrons. The average Bonchev–Trinajstić information content (AvgIpc) is 3.13. The van der Waals surface area contributed by atoms with Gasteiger partial charge in [-0.05, 0) is 43.7 Å². The van der Waals surface area contributed by atoms with Gasteiger partial charge in [-0.15, -0.1) is 6.42 Å². The van der Waals surface area contributed by atoms with Crippen LogP contribution in [0.15, 0.2) is 54.6 Å². The summed E-state index contributed by atoms with van der Waals surface area (Å²) in [6.45, 7) is 6.42. The van der Waals surface area contributed by atoms with Crippen molar-refractivity contribution in [1.29, 1.82) is 0 Å². The van der Waals surface area contributed by atoms with Crippen molar-refractivity contribution < 1.29 is 19.3 Å². The van der Waals surface area contributed by atoms with Gasteiger partial charge in [-0.3, -0.25) is 4.90 Å². The Kier molecular flexibility index (Phi) is 9.68. The number of methoxy groups -OCH3 is 1. The Morgan fingerprint density at radius 2 is 1.94 bits per heavy atom. The van der Waals surface area contributed by atoms with Crippen molar-refractivity contribution in [2.75, 3.05) is 40.0 Å². The van der Waals surface area contributed by atoms with Crippen molar-refractivity contribution in [2.24, 2.45) is 0 Å². The predicted octanol–water partition coefficient (Wildman–Crippen LogP) is 3.74. The Hall–Kier alpha value is -3.15. The average molecular weight is 464 g/mol. The SMILES string of the molecule is C#CCOCC(O)CN(CCOC)Cc1c(C)nn(-c2ccccc2)c1Oc1cccc(C)c1. The lowest BCUT2D eigenvalue weighted by Gasteiger charge is -2.25. The highest BCUT2D eigenvalue weighted by atomic mass is 16.5. The zero-order valence-corrected chi connectivity index (χ0v) is 20.1. The van der Waals surface area contributed by atoms with Gasteiger partial charge in [0.05, 0.1) is 36.3 Å². The highest BCUT2D eigenvalue weighted by molar-refractivity contribution is 5.43. The van der Waals surface area contributed by atoms with Crippen LogP contribution in [-0.2, 0) is 16.0 Å². The van der Waals surface area contributed by atoms with Gasteiger partial charge in [0.1, 0.15) is 12.4 Å². The minimum Gasteiger partial charge on any atom is -0.439 e. The van der Waals surface area contributed by atoms with Gasteiger partial charge in [-0.1, -0.05) is 36.3 Å². The molecule has 0 spiro atoms. The number of aromatic nitrogens is 2. The summed E-state index contributed by atoms with van der Waals surface area (Å²) in [5.74, 6) is 3.80. The van der Waals surface area contributed by atoms with Gasteiger partial charge in [0.2, 0.25) is 5.88 Å².